The van der Waals surface area contributed by atoms with E-state index in [4.69, 9.17) is 14.2 Å². The molecule has 5 rings (SSSR count). The van der Waals surface area contributed by atoms with Gasteiger partial charge in [-0.25, -0.2) is 16.8 Å². The number of nitrogens with one attached hydrogen (secondary N) is 2. The van der Waals surface area contributed by atoms with Crippen LogP contribution in [0.25, 0.3) is 10.8 Å². The smallest absolute Gasteiger partial charge is 0.261 e. The Morgan fingerprint density at radius 2 is 1.30 bits per heavy atom. The normalized spacial score (nSPS) is 13.8. The van der Waals surface area contributed by atoms with Crippen molar-refractivity contribution in [2.75, 3.05) is 50.0 Å². The van der Waals surface area contributed by atoms with E-state index in [-0.39, 0.29) is 39.9 Å². The first-order chi connectivity index (χ1) is 21.1. The lowest BCUT2D eigenvalue weighted by Gasteiger charge is -2.27. The lowest BCUT2D eigenvalue weighted by molar-refractivity contribution is -0.135. The number of rotatable bonds is 11. The largest absolute Gasteiger partial charge is 0.497 e. The summed E-state index contributed by atoms with van der Waals surface area (Å²) in [6, 6.07) is 20.4. The number of benzene rings is 4. The molecule has 1 aliphatic rings. The molecule has 0 atom stereocenters. The van der Waals surface area contributed by atoms with Crippen molar-refractivity contribution in [3.05, 3.63) is 84.4 Å². The Morgan fingerprint density at radius 1 is 0.773 bits per heavy atom. The average molecular weight is 640 g/mol. The second-order valence-electron chi connectivity index (χ2n) is 10.1. The van der Waals surface area contributed by atoms with E-state index in [0.717, 1.165) is 0 Å². The standard InChI is InChI=1S/C31H33N3O8S2/c1-40-23-8-12-25(13-9-23)43(36,37)32-29-21-22(7-16-30(35)34-17-19-42-20-18-34)31(28-6-4-3-5-27(28)29)33-44(38,39)26-14-10-24(41-2)11-15-26/h3-6,8-15,21,32-33H,7,16-20H2,1-2H3. The van der Waals surface area contributed by atoms with E-state index in [1.807, 2.05) is 0 Å². The fraction of sp³-hybridized carbons (Fsp3) is 0.258. The summed E-state index contributed by atoms with van der Waals surface area (Å²) in [6.07, 6.45) is 0.235. The molecule has 0 aromatic heterocycles. The predicted molar refractivity (Wildman–Crippen MR) is 167 cm³/mol. The maximum absolute atomic E-state index is 13.6. The third kappa shape index (κ3) is 6.90. The summed E-state index contributed by atoms with van der Waals surface area (Å²) in [5.74, 6) is 0.908. The van der Waals surface area contributed by atoms with E-state index < -0.39 is 20.0 Å². The van der Waals surface area contributed by atoms with Gasteiger partial charge in [-0.3, -0.25) is 14.2 Å². The minimum Gasteiger partial charge on any atom is -0.497 e. The van der Waals surface area contributed by atoms with Crippen molar-refractivity contribution in [1.82, 2.24) is 4.90 Å². The molecule has 1 aliphatic heterocycles. The van der Waals surface area contributed by atoms with Crippen molar-refractivity contribution in [3.63, 3.8) is 0 Å². The van der Waals surface area contributed by atoms with Crippen LogP contribution in [0.1, 0.15) is 12.0 Å². The molecule has 232 valence electrons. The van der Waals surface area contributed by atoms with Gasteiger partial charge < -0.3 is 19.1 Å². The molecule has 1 saturated heterocycles. The Balaban J connectivity index is 1.57. The summed E-state index contributed by atoms with van der Waals surface area (Å²) < 4.78 is 75.0. The first-order valence-electron chi connectivity index (χ1n) is 13.8. The first-order valence-corrected chi connectivity index (χ1v) is 16.8. The summed E-state index contributed by atoms with van der Waals surface area (Å²) in [6.45, 7) is 1.85. The molecule has 0 spiro atoms. The van der Waals surface area contributed by atoms with Crippen molar-refractivity contribution < 1.29 is 35.8 Å². The molecule has 44 heavy (non-hydrogen) atoms. The van der Waals surface area contributed by atoms with Crippen LogP contribution < -0.4 is 18.9 Å². The number of hydrogen-bond donors (Lipinski definition) is 2. The number of hydrogen-bond acceptors (Lipinski definition) is 8. The van der Waals surface area contributed by atoms with Gasteiger partial charge in [0.1, 0.15) is 11.5 Å². The molecule has 0 saturated carbocycles. The molecule has 0 unspecified atom stereocenters. The second-order valence-corrected chi connectivity index (χ2v) is 13.4. The minimum absolute atomic E-state index is 0.0157. The van der Waals surface area contributed by atoms with Crippen LogP contribution in [0, 0.1) is 0 Å². The van der Waals surface area contributed by atoms with E-state index >= 15 is 0 Å². The molecule has 0 aliphatic carbocycles. The Labute approximate surface area is 256 Å². The highest BCUT2D eigenvalue weighted by molar-refractivity contribution is 7.93. The maximum Gasteiger partial charge on any atom is 0.261 e. The molecule has 4 aromatic rings. The number of nitrogens with zero attached hydrogens (tertiary/aromatic N) is 1. The fourth-order valence-corrected chi connectivity index (χ4v) is 7.15. The monoisotopic (exact) mass is 639 g/mol. The Bertz CT molecular complexity index is 1850. The molecule has 0 bridgehead atoms. The minimum atomic E-state index is -4.08. The van der Waals surface area contributed by atoms with Crippen LogP contribution in [0.15, 0.2) is 88.7 Å². The van der Waals surface area contributed by atoms with Gasteiger partial charge in [-0.1, -0.05) is 24.3 Å². The van der Waals surface area contributed by atoms with Gasteiger partial charge >= 0.3 is 0 Å². The molecule has 1 amide bonds. The van der Waals surface area contributed by atoms with Gasteiger partial charge in [0.15, 0.2) is 0 Å². The van der Waals surface area contributed by atoms with E-state index in [0.29, 0.717) is 54.1 Å². The Kier molecular flexibility index (Phi) is 9.28. The van der Waals surface area contributed by atoms with Gasteiger partial charge in [0.05, 0.1) is 48.6 Å². The van der Waals surface area contributed by atoms with Gasteiger partial charge in [0.2, 0.25) is 5.91 Å². The quantitative estimate of drug-likeness (QED) is 0.248. The van der Waals surface area contributed by atoms with Crippen LogP contribution in [0.2, 0.25) is 0 Å². The van der Waals surface area contributed by atoms with Crippen molar-refractivity contribution in [2.45, 2.75) is 22.6 Å². The number of anilines is 2. The lowest BCUT2D eigenvalue weighted by Crippen LogP contribution is -2.40. The number of morpholine rings is 1. The van der Waals surface area contributed by atoms with Crippen molar-refractivity contribution in [1.29, 1.82) is 0 Å². The van der Waals surface area contributed by atoms with E-state index in [9.17, 15) is 21.6 Å². The van der Waals surface area contributed by atoms with Crippen molar-refractivity contribution in [2.24, 2.45) is 0 Å². The van der Waals surface area contributed by atoms with Crippen molar-refractivity contribution >= 4 is 48.1 Å². The lowest BCUT2D eigenvalue weighted by atomic mass is 9.99. The number of sulfonamides is 2. The molecule has 1 heterocycles. The average Bonchev–Trinajstić information content (AvgIpc) is 3.05. The molecule has 2 N–H and O–H groups in total. The van der Waals surface area contributed by atoms with Gasteiger partial charge in [-0.15, -0.1) is 0 Å². The summed E-state index contributed by atoms with van der Waals surface area (Å²) in [7, 11) is -5.14. The van der Waals surface area contributed by atoms with Crippen LogP contribution in [0.4, 0.5) is 11.4 Å². The number of fused-ring (bicyclic) bond motifs is 1. The molecule has 4 aromatic carbocycles. The molecular weight excluding hydrogens is 606 g/mol. The van der Waals surface area contributed by atoms with Gasteiger partial charge in [-0.05, 0) is 66.6 Å². The van der Waals surface area contributed by atoms with Crippen LogP contribution in [0.3, 0.4) is 0 Å². The molecule has 11 nitrogen and oxygen atoms in total. The van der Waals surface area contributed by atoms with Crippen LogP contribution in [0.5, 0.6) is 11.5 Å². The number of ether oxygens (including phenoxy) is 3. The summed E-state index contributed by atoms with van der Waals surface area (Å²) >= 11 is 0. The summed E-state index contributed by atoms with van der Waals surface area (Å²) in [5.41, 5.74) is 0.964. The first kappa shape index (κ1) is 31.1. The number of carbonyl (C=O) groups is 1. The highest BCUT2D eigenvalue weighted by Crippen LogP contribution is 2.37. The topological polar surface area (TPSA) is 140 Å². The molecule has 0 radical (unpaired) electrons. The van der Waals surface area contributed by atoms with Crippen molar-refractivity contribution in [3.8, 4) is 11.5 Å². The van der Waals surface area contributed by atoms with E-state index in [1.165, 1.54) is 38.5 Å². The summed E-state index contributed by atoms with van der Waals surface area (Å²) in [4.78, 5) is 14.8. The SMILES string of the molecule is COc1ccc(S(=O)(=O)Nc2cc(CCC(=O)N3CCOCC3)c(NS(=O)(=O)c3ccc(OC)cc3)c3ccccc23)cc1. The predicted octanol–water partition coefficient (Wildman–Crippen LogP) is 4.25. The zero-order valence-electron chi connectivity index (χ0n) is 24.3. The summed E-state index contributed by atoms with van der Waals surface area (Å²) in [5, 5.41) is 0.939. The highest BCUT2D eigenvalue weighted by Gasteiger charge is 2.24. The van der Waals surface area contributed by atoms with Crippen LogP contribution >= 0.6 is 0 Å². The van der Waals surface area contributed by atoms with Crippen LogP contribution in [-0.2, 0) is 36.0 Å². The second kappa shape index (κ2) is 13.1. The van der Waals surface area contributed by atoms with E-state index in [1.54, 1.807) is 59.5 Å². The Hall–Kier alpha value is -4.33. The van der Waals surface area contributed by atoms with Gasteiger partial charge in [0.25, 0.3) is 20.0 Å². The number of amides is 1. The number of methoxy groups -OCH3 is 2. The number of aryl methyl sites for hydroxylation is 1. The maximum atomic E-state index is 13.6. The van der Waals surface area contributed by atoms with Gasteiger partial charge in [-0.2, -0.15) is 0 Å². The van der Waals surface area contributed by atoms with Gasteiger partial charge in [0, 0.05) is 30.3 Å². The molecular formula is C31H33N3O8S2. The Morgan fingerprint density at radius 3 is 1.84 bits per heavy atom. The van der Waals surface area contributed by atoms with E-state index in [2.05, 4.69) is 9.44 Å². The zero-order valence-corrected chi connectivity index (χ0v) is 25.9. The fourth-order valence-electron chi connectivity index (χ4n) is 4.95. The van der Waals surface area contributed by atoms with Crippen LogP contribution in [-0.4, -0.2) is 68.2 Å². The molecule has 1 fully saturated rings. The highest BCUT2D eigenvalue weighted by atomic mass is 32.2. The zero-order chi connectivity index (χ0) is 31.3. The molecule has 13 heteroatoms. The third-order valence-corrected chi connectivity index (χ3v) is 10.1. The number of carbonyl (C=O) groups excluding carboxylic acids is 1. The third-order valence-electron chi connectivity index (χ3n) is 7.32.